The molecule has 0 fully saturated rings. The normalized spacial score (nSPS) is 12.4. The Labute approximate surface area is 84.8 Å². The molecule has 0 aliphatic rings. The molecule has 14 heavy (non-hydrogen) atoms. The summed E-state index contributed by atoms with van der Waals surface area (Å²) in [5.41, 5.74) is 0. The summed E-state index contributed by atoms with van der Waals surface area (Å²) in [6.07, 6.45) is -1.49. The van der Waals surface area contributed by atoms with Crippen molar-refractivity contribution in [1.29, 1.82) is 5.26 Å². The van der Waals surface area contributed by atoms with Gasteiger partial charge in [0.25, 0.3) is 0 Å². The van der Waals surface area contributed by atoms with Crippen LogP contribution >= 0.6 is 0 Å². The molecule has 0 saturated heterocycles. The van der Waals surface area contributed by atoms with Crippen LogP contribution in [0.15, 0.2) is 0 Å². The summed E-state index contributed by atoms with van der Waals surface area (Å²) in [5, 5.41) is 8.64. The highest BCUT2D eigenvalue weighted by molar-refractivity contribution is 5.60. The van der Waals surface area contributed by atoms with E-state index < -0.39 is 12.3 Å². The molecule has 0 aromatic carbocycles. The summed E-state index contributed by atoms with van der Waals surface area (Å²) in [4.78, 5) is 11.0. The van der Waals surface area contributed by atoms with Crippen molar-refractivity contribution in [2.75, 3.05) is 6.61 Å². The van der Waals surface area contributed by atoms with Gasteiger partial charge in [0.05, 0.1) is 6.61 Å². The number of carbonyl (C=O) groups is 1. The molecule has 0 saturated carbocycles. The molecular weight excluding hydrogens is 182 g/mol. The fourth-order valence-corrected chi connectivity index (χ4v) is 0.684. The molecule has 0 aromatic heterocycles. The van der Waals surface area contributed by atoms with Crippen molar-refractivity contribution in [1.82, 2.24) is 0 Å². The molecule has 1 unspecified atom stereocenters. The first-order valence-corrected chi connectivity index (χ1v) is 4.70. The zero-order chi connectivity index (χ0) is 11.1. The SMILES string of the molecule is CC(C)COC(=O)OC(C#N)C(C)C. The Hall–Kier alpha value is -1.24. The minimum absolute atomic E-state index is 0.0217. The molecule has 0 heterocycles. The number of carbonyl (C=O) groups excluding carboxylic acids is 1. The highest BCUT2D eigenvalue weighted by atomic mass is 16.7. The van der Waals surface area contributed by atoms with E-state index in [1.165, 1.54) is 0 Å². The van der Waals surface area contributed by atoms with Gasteiger partial charge in [0.15, 0.2) is 6.10 Å². The molecule has 1 atom stereocenters. The van der Waals surface area contributed by atoms with Crippen molar-refractivity contribution in [3.8, 4) is 6.07 Å². The van der Waals surface area contributed by atoms with Crippen LogP contribution in [0.5, 0.6) is 0 Å². The van der Waals surface area contributed by atoms with Crippen LogP contribution in [0.2, 0.25) is 0 Å². The van der Waals surface area contributed by atoms with Crippen molar-refractivity contribution in [3.63, 3.8) is 0 Å². The van der Waals surface area contributed by atoms with E-state index in [0.29, 0.717) is 6.61 Å². The number of ether oxygens (including phenoxy) is 2. The van der Waals surface area contributed by atoms with Gasteiger partial charge in [-0.05, 0) is 5.92 Å². The van der Waals surface area contributed by atoms with E-state index in [9.17, 15) is 4.79 Å². The van der Waals surface area contributed by atoms with Crippen LogP contribution in [0, 0.1) is 23.2 Å². The first-order chi connectivity index (χ1) is 6.47. The molecule has 0 aliphatic heterocycles. The topological polar surface area (TPSA) is 59.3 Å². The summed E-state index contributed by atoms with van der Waals surface area (Å²) in [6.45, 7) is 7.79. The van der Waals surface area contributed by atoms with Crippen LogP contribution in [-0.2, 0) is 9.47 Å². The number of hydrogen-bond acceptors (Lipinski definition) is 4. The molecule has 0 aromatic rings. The van der Waals surface area contributed by atoms with E-state index in [1.807, 2.05) is 33.8 Å². The largest absolute Gasteiger partial charge is 0.509 e. The average molecular weight is 199 g/mol. The van der Waals surface area contributed by atoms with Gasteiger partial charge < -0.3 is 9.47 Å². The second kappa shape index (κ2) is 6.25. The standard InChI is InChI=1S/C10H17NO3/c1-7(2)6-13-10(12)14-9(5-11)8(3)4/h7-9H,6H2,1-4H3. The second-order valence-corrected chi connectivity index (χ2v) is 3.87. The van der Waals surface area contributed by atoms with E-state index >= 15 is 0 Å². The number of nitriles is 1. The molecule has 0 spiro atoms. The second-order valence-electron chi connectivity index (χ2n) is 3.87. The Bertz CT molecular complexity index is 218. The van der Waals surface area contributed by atoms with Crippen molar-refractivity contribution < 1.29 is 14.3 Å². The Morgan fingerprint density at radius 3 is 2.29 bits per heavy atom. The molecule has 0 rings (SSSR count). The monoisotopic (exact) mass is 199 g/mol. The number of rotatable bonds is 4. The van der Waals surface area contributed by atoms with E-state index in [-0.39, 0.29) is 11.8 Å². The van der Waals surface area contributed by atoms with E-state index in [4.69, 9.17) is 14.7 Å². The molecule has 0 radical (unpaired) electrons. The Kier molecular flexibility index (Phi) is 5.70. The third-order valence-electron chi connectivity index (χ3n) is 1.49. The minimum atomic E-state index is -0.765. The maximum atomic E-state index is 11.0. The zero-order valence-corrected chi connectivity index (χ0v) is 9.11. The Morgan fingerprint density at radius 2 is 1.93 bits per heavy atom. The van der Waals surface area contributed by atoms with E-state index in [2.05, 4.69) is 0 Å². The maximum absolute atomic E-state index is 11.0. The molecule has 4 nitrogen and oxygen atoms in total. The maximum Gasteiger partial charge on any atom is 0.509 e. The van der Waals surface area contributed by atoms with Gasteiger partial charge >= 0.3 is 6.16 Å². The number of nitrogens with zero attached hydrogens (tertiary/aromatic N) is 1. The lowest BCUT2D eigenvalue weighted by Gasteiger charge is -2.14. The van der Waals surface area contributed by atoms with Crippen LogP contribution in [-0.4, -0.2) is 18.9 Å². The fourth-order valence-electron chi connectivity index (χ4n) is 0.684. The van der Waals surface area contributed by atoms with Crippen LogP contribution in [0.3, 0.4) is 0 Å². The van der Waals surface area contributed by atoms with Gasteiger partial charge in [-0.2, -0.15) is 5.26 Å². The van der Waals surface area contributed by atoms with Gasteiger partial charge in [0.2, 0.25) is 0 Å². The summed E-state index contributed by atoms with van der Waals surface area (Å²) in [5.74, 6) is 0.244. The zero-order valence-electron chi connectivity index (χ0n) is 9.11. The van der Waals surface area contributed by atoms with Gasteiger partial charge in [-0.15, -0.1) is 0 Å². The van der Waals surface area contributed by atoms with Crippen molar-refractivity contribution in [3.05, 3.63) is 0 Å². The van der Waals surface area contributed by atoms with Gasteiger partial charge in [-0.3, -0.25) is 0 Å². The summed E-state index contributed by atoms with van der Waals surface area (Å²) in [6, 6.07) is 1.90. The van der Waals surface area contributed by atoms with Gasteiger partial charge in [-0.25, -0.2) is 4.79 Å². The predicted octanol–water partition coefficient (Wildman–Crippen LogP) is 2.34. The molecule has 0 aliphatic carbocycles. The lowest BCUT2D eigenvalue weighted by atomic mass is 10.1. The lowest BCUT2D eigenvalue weighted by Crippen LogP contribution is -2.23. The molecule has 0 bridgehead atoms. The summed E-state index contributed by atoms with van der Waals surface area (Å²) < 4.78 is 9.56. The lowest BCUT2D eigenvalue weighted by molar-refractivity contribution is 0.0210. The quantitative estimate of drug-likeness (QED) is 0.652. The number of hydrogen-bond donors (Lipinski definition) is 0. The van der Waals surface area contributed by atoms with Crippen molar-refractivity contribution in [2.24, 2.45) is 11.8 Å². The van der Waals surface area contributed by atoms with E-state index in [0.717, 1.165) is 0 Å². The summed E-state index contributed by atoms with van der Waals surface area (Å²) in [7, 11) is 0. The average Bonchev–Trinajstić information content (AvgIpc) is 2.10. The highest BCUT2D eigenvalue weighted by Crippen LogP contribution is 2.07. The van der Waals surface area contributed by atoms with E-state index in [1.54, 1.807) is 0 Å². The van der Waals surface area contributed by atoms with Crippen LogP contribution in [0.1, 0.15) is 27.7 Å². The first kappa shape index (κ1) is 12.8. The molecule has 0 amide bonds. The summed E-state index contributed by atoms with van der Waals surface area (Å²) >= 11 is 0. The smallest absolute Gasteiger partial charge is 0.434 e. The van der Waals surface area contributed by atoms with Gasteiger partial charge in [-0.1, -0.05) is 27.7 Å². The molecule has 80 valence electrons. The molecular formula is C10H17NO3. The van der Waals surface area contributed by atoms with Gasteiger partial charge in [0.1, 0.15) is 6.07 Å². The third kappa shape index (κ3) is 5.41. The van der Waals surface area contributed by atoms with Crippen LogP contribution in [0.4, 0.5) is 4.79 Å². The Balaban J connectivity index is 3.87. The Morgan fingerprint density at radius 1 is 1.36 bits per heavy atom. The van der Waals surface area contributed by atoms with Crippen molar-refractivity contribution >= 4 is 6.16 Å². The van der Waals surface area contributed by atoms with Crippen LogP contribution < -0.4 is 0 Å². The fraction of sp³-hybridized carbons (Fsp3) is 0.800. The third-order valence-corrected chi connectivity index (χ3v) is 1.49. The molecule has 4 heteroatoms. The first-order valence-electron chi connectivity index (χ1n) is 4.70. The van der Waals surface area contributed by atoms with Crippen molar-refractivity contribution in [2.45, 2.75) is 33.8 Å². The van der Waals surface area contributed by atoms with Gasteiger partial charge in [0, 0.05) is 5.92 Å². The highest BCUT2D eigenvalue weighted by Gasteiger charge is 2.18. The predicted molar refractivity (Wildman–Crippen MR) is 51.5 cm³/mol. The minimum Gasteiger partial charge on any atom is -0.434 e. The van der Waals surface area contributed by atoms with Crippen LogP contribution in [0.25, 0.3) is 0 Å². The molecule has 0 N–H and O–H groups in total.